The molecule has 1 aliphatic heterocycles. The molecule has 1 aliphatic rings. The SMILES string of the molecule is CC.CC.CN(C)C(=O)C(NC(=O)NC(C(=O)N1CCCC1C=O)C(C)(C)C)C(C)(C)C.NC(=O)C(=O)C(CCC(F)(F)F)NS. The monoisotopic (exact) mass is 686 g/mol. The molecule has 0 spiro atoms. The lowest BCUT2D eigenvalue weighted by atomic mass is 9.85. The van der Waals surface area contributed by atoms with Crippen LogP contribution >= 0.6 is 12.8 Å². The number of urea groups is 1. The highest BCUT2D eigenvalue weighted by Gasteiger charge is 2.41. The second-order valence-corrected chi connectivity index (χ2v) is 12.6. The Morgan fingerprint density at radius 3 is 1.74 bits per heavy atom. The van der Waals surface area contributed by atoms with Crippen LogP contribution in [0, 0.1) is 10.8 Å². The number of nitrogens with two attached hydrogens (primary N) is 1. The molecule has 4 unspecified atom stereocenters. The van der Waals surface area contributed by atoms with Gasteiger partial charge in [-0.25, -0.2) is 4.79 Å². The van der Waals surface area contributed by atoms with Crippen LogP contribution in [0.5, 0.6) is 0 Å². The van der Waals surface area contributed by atoms with E-state index in [9.17, 15) is 41.9 Å². The summed E-state index contributed by atoms with van der Waals surface area (Å²) in [6, 6.07) is -3.88. The van der Waals surface area contributed by atoms with Crippen LogP contribution in [-0.4, -0.2) is 96.6 Å². The molecule has 5 N–H and O–H groups in total. The van der Waals surface area contributed by atoms with Gasteiger partial charge in [0.25, 0.3) is 5.91 Å². The summed E-state index contributed by atoms with van der Waals surface area (Å²) in [6.45, 7) is 19.7. The standard InChI is InChI=1S/C20H36N4O4.C6H9F3N2O2S.2C2H6/c1-19(2,3)14(16(26)23(7)8)21-18(28)22-15(20(4,5)6)17(27)24-11-9-10-13(24)12-25;7-6(8,9)2-1-3(11-14)4(12)5(10)13;2*1-2/h12-15H,9-11H2,1-8H3,(H2,21,22,28);3,11,14H,1-2H2,(H2,10,13);2*1-2H3. The quantitative estimate of drug-likeness (QED) is 0.133. The summed E-state index contributed by atoms with van der Waals surface area (Å²) in [5, 5.41) is 5.48. The number of thiol groups is 1. The number of halogens is 3. The molecule has 0 aromatic rings. The fraction of sp³-hybridized carbons (Fsp3) is 0.800. The number of rotatable bonds is 10. The number of ketones is 1. The molecule has 0 bridgehead atoms. The van der Waals surface area contributed by atoms with Crippen molar-refractivity contribution in [2.24, 2.45) is 16.6 Å². The molecule has 0 aromatic heterocycles. The van der Waals surface area contributed by atoms with E-state index in [0.717, 1.165) is 12.7 Å². The smallest absolute Gasteiger partial charge is 0.363 e. The normalized spacial score (nSPS) is 16.3. The van der Waals surface area contributed by atoms with E-state index < -0.39 is 71.7 Å². The van der Waals surface area contributed by atoms with E-state index in [0.29, 0.717) is 13.0 Å². The number of carbonyl (C=O) groups excluding carboxylic acids is 6. The van der Waals surface area contributed by atoms with Crippen molar-refractivity contribution in [2.75, 3.05) is 20.6 Å². The second kappa shape index (κ2) is 21.8. The number of likely N-dealkylation sites (N-methyl/N-ethyl adjacent to an activating group) is 1. The lowest BCUT2D eigenvalue weighted by Crippen LogP contribution is -2.61. The van der Waals surface area contributed by atoms with Crippen LogP contribution in [0.1, 0.15) is 94.9 Å². The number of primary amides is 1. The molecule has 1 heterocycles. The predicted molar refractivity (Wildman–Crippen MR) is 176 cm³/mol. The van der Waals surface area contributed by atoms with Crippen LogP contribution < -0.4 is 21.1 Å². The number of hydrogen-bond donors (Lipinski definition) is 5. The molecule has 12 nitrogen and oxygen atoms in total. The van der Waals surface area contributed by atoms with Gasteiger partial charge < -0.3 is 31.0 Å². The van der Waals surface area contributed by atoms with Gasteiger partial charge in [0.05, 0.1) is 12.1 Å². The Bertz CT molecular complexity index is 984. The highest BCUT2D eigenvalue weighted by Crippen LogP contribution is 2.26. The van der Waals surface area contributed by atoms with Crippen molar-refractivity contribution in [3.8, 4) is 0 Å². The van der Waals surface area contributed by atoms with Crippen LogP contribution in [0.15, 0.2) is 0 Å². The summed E-state index contributed by atoms with van der Waals surface area (Å²) in [5.74, 6) is -2.88. The third kappa shape index (κ3) is 17.7. The molecular formula is C30H57F3N6O6S. The fourth-order valence-corrected chi connectivity index (χ4v) is 4.21. The first-order valence-electron chi connectivity index (χ1n) is 15.3. The minimum absolute atomic E-state index is 0.221. The molecule has 1 fully saturated rings. The lowest BCUT2D eigenvalue weighted by Gasteiger charge is -2.36. The van der Waals surface area contributed by atoms with E-state index in [1.807, 2.05) is 74.0 Å². The van der Waals surface area contributed by atoms with Gasteiger partial charge in [-0.3, -0.25) is 23.9 Å². The van der Waals surface area contributed by atoms with Crippen molar-refractivity contribution in [3.05, 3.63) is 0 Å². The molecule has 0 aliphatic carbocycles. The first-order valence-corrected chi connectivity index (χ1v) is 15.8. The van der Waals surface area contributed by atoms with Crippen molar-refractivity contribution >= 4 is 48.6 Å². The molecular weight excluding hydrogens is 629 g/mol. The van der Waals surface area contributed by atoms with E-state index in [-0.39, 0.29) is 11.8 Å². The molecule has 0 radical (unpaired) electrons. The van der Waals surface area contributed by atoms with Gasteiger partial charge in [-0.2, -0.15) is 13.2 Å². The summed E-state index contributed by atoms with van der Waals surface area (Å²) in [6.07, 6.45) is -3.92. The Labute approximate surface area is 278 Å². The largest absolute Gasteiger partial charge is 0.389 e. The van der Waals surface area contributed by atoms with Crippen LogP contribution in [0.2, 0.25) is 0 Å². The van der Waals surface area contributed by atoms with Crippen LogP contribution in [-0.2, 0) is 24.0 Å². The third-order valence-electron chi connectivity index (χ3n) is 6.39. The predicted octanol–water partition coefficient (Wildman–Crippen LogP) is 3.63. The van der Waals surface area contributed by atoms with Crippen molar-refractivity contribution in [1.82, 2.24) is 25.2 Å². The Kier molecular flexibility index (Phi) is 22.6. The molecule has 4 atom stereocenters. The number of carbonyl (C=O) groups is 6. The molecule has 270 valence electrons. The molecule has 46 heavy (non-hydrogen) atoms. The number of alkyl halides is 3. The van der Waals surface area contributed by atoms with E-state index in [1.165, 1.54) is 9.80 Å². The molecule has 16 heteroatoms. The van der Waals surface area contributed by atoms with Gasteiger partial charge in [0, 0.05) is 27.1 Å². The lowest BCUT2D eigenvalue weighted by molar-refractivity contribution is -0.142. The maximum absolute atomic E-state index is 13.1. The van der Waals surface area contributed by atoms with Crippen molar-refractivity contribution in [3.63, 3.8) is 0 Å². The van der Waals surface area contributed by atoms with Crippen molar-refractivity contribution < 1.29 is 41.9 Å². The zero-order chi connectivity index (χ0) is 37.2. The zero-order valence-corrected chi connectivity index (χ0v) is 30.3. The Morgan fingerprint density at radius 2 is 1.39 bits per heavy atom. The van der Waals surface area contributed by atoms with Gasteiger partial charge in [-0.15, -0.1) is 0 Å². The zero-order valence-electron chi connectivity index (χ0n) is 29.4. The number of amides is 5. The fourth-order valence-electron chi connectivity index (χ4n) is 3.97. The van der Waals surface area contributed by atoms with Crippen LogP contribution in [0.4, 0.5) is 18.0 Å². The first-order chi connectivity index (χ1) is 21.0. The molecule has 0 aromatic carbocycles. The number of likely N-dealkylation sites (tertiary alicyclic amines) is 1. The molecule has 1 saturated heterocycles. The Balaban J connectivity index is -0.000000863. The average molecular weight is 687 g/mol. The van der Waals surface area contributed by atoms with E-state index in [4.69, 9.17) is 0 Å². The van der Waals surface area contributed by atoms with E-state index >= 15 is 0 Å². The van der Waals surface area contributed by atoms with Crippen LogP contribution in [0.25, 0.3) is 0 Å². The molecule has 1 rings (SSSR count). The van der Waals surface area contributed by atoms with Gasteiger partial charge in [0.2, 0.25) is 17.6 Å². The van der Waals surface area contributed by atoms with Gasteiger partial charge in [0.15, 0.2) is 0 Å². The van der Waals surface area contributed by atoms with E-state index in [1.54, 1.807) is 14.1 Å². The van der Waals surface area contributed by atoms with Crippen molar-refractivity contribution in [1.29, 1.82) is 0 Å². The van der Waals surface area contributed by atoms with Gasteiger partial charge in [-0.1, -0.05) is 82.1 Å². The second-order valence-electron chi connectivity index (χ2n) is 12.4. The Morgan fingerprint density at radius 1 is 0.935 bits per heavy atom. The van der Waals surface area contributed by atoms with Gasteiger partial charge in [-0.05, 0) is 30.1 Å². The average Bonchev–Trinajstić information content (AvgIpc) is 3.44. The highest BCUT2D eigenvalue weighted by atomic mass is 32.1. The molecule has 5 amide bonds. The van der Waals surface area contributed by atoms with Crippen LogP contribution in [0.3, 0.4) is 0 Å². The summed E-state index contributed by atoms with van der Waals surface area (Å²) < 4.78 is 37.2. The minimum atomic E-state index is -4.37. The Hall–Kier alpha value is -2.88. The van der Waals surface area contributed by atoms with Crippen molar-refractivity contribution in [2.45, 2.75) is 125 Å². The third-order valence-corrected chi connectivity index (χ3v) is 6.70. The highest BCUT2D eigenvalue weighted by molar-refractivity contribution is 7.78. The number of Topliss-reactive ketones (excluding diaryl/α,β-unsaturated/α-hetero) is 1. The maximum atomic E-state index is 13.1. The first kappa shape index (κ1) is 47.5. The summed E-state index contributed by atoms with van der Waals surface area (Å²) in [5.41, 5.74) is 3.54. The minimum Gasteiger partial charge on any atom is -0.363 e. The van der Waals surface area contributed by atoms with Gasteiger partial charge in [0.1, 0.15) is 18.4 Å². The van der Waals surface area contributed by atoms with E-state index in [2.05, 4.69) is 29.2 Å². The molecule has 0 saturated carbocycles. The summed E-state index contributed by atoms with van der Waals surface area (Å²) in [7, 11) is 3.27. The maximum Gasteiger partial charge on any atom is 0.389 e. The number of nitrogens with one attached hydrogen (secondary N) is 3. The summed E-state index contributed by atoms with van der Waals surface area (Å²) >= 11 is 3.43. The number of hydrogen-bond acceptors (Lipinski definition) is 8. The number of nitrogens with zero attached hydrogens (tertiary/aromatic N) is 2. The summed E-state index contributed by atoms with van der Waals surface area (Å²) in [4.78, 5) is 73.7. The number of aldehydes is 1. The van der Waals surface area contributed by atoms with Gasteiger partial charge >= 0.3 is 12.2 Å². The topological polar surface area (TPSA) is 171 Å².